The van der Waals surface area contributed by atoms with Gasteiger partial charge in [0, 0.05) is 18.8 Å². The summed E-state index contributed by atoms with van der Waals surface area (Å²) in [7, 11) is 8.53. The van der Waals surface area contributed by atoms with Gasteiger partial charge >= 0.3 is 0 Å². The molecule has 1 heterocycles. The van der Waals surface area contributed by atoms with Crippen molar-refractivity contribution in [2.45, 2.75) is 43.7 Å². The molecule has 1 unspecified atom stereocenters. The molecule has 1 saturated carbocycles. The van der Waals surface area contributed by atoms with Crippen LogP contribution < -0.4 is 5.32 Å². The average molecular weight is 250 g/mol. The fourth-order valence-electron chi connectivity index (χ4n) is 3.52. The first-order valence-electron chi connectivity index (χ1n) is 6.94. The zero-order valence-corrected chi connectivity index (χ0v) is 12.1. The van der Waals surface area contributed by atoms with Gasteiger partial charge in [-0.3, -0.25) is 4.68 Å². The van der Waals surface area contributed by atoms with E-state index >= 15 is 0 Å². The second-order valence-corrected chi connectivity index (χ2v) is 5.66. The van der Waals surface area contributed by atoms with E-state index in [0.29, 0.717) is 6.04 Å². The number of hydrogen-bond acceptors (Lipinski definition) is 3. The lowest BCUT2D eigenvalue weighted by molar-refractivity contribution is 0.0564. The van der Waals surface area contributed by atoms with Crippen molar-refractivity contribution >= 4 is 0 Å². The van der Waals surface area contributed by atoms with Crippen LogP contribution in [-0.2, 0) is 7.05 Å². The summed E-state index contributed by atoms with van der Waals surface area (Å²) in [5.41, 5.74) is 1.51. The number of likely N-dealkylation sites (N-methyl/N-ethyl adjacent to an activating group) is 2. The van der Waals surface area contributed by atoms with Gasteiger partial charge in [-0.15, -0.1) is 0 Å². The van der Waals surface area contributed by atoms with Crippen LogP contribution in [0.15, 0.2) is 12.3 Å². The molecule has 102 valence electrons. The Labute approximate surface area is 110 Å². The lowest BCUT2D eigenvalue weighted by atomic mass is 9.74. The zero-order chi connectivity index (χ0) is 13.2. The van der Waals surface area contributed by atoms with E-state index in [1.807, 2.05) is 17.9 Å². The Morgan fingerprint density at radius 3 is 2.44 bits per heavy atom. The van der Waals surface area contributed by atoms with Crippen LogP contribution in [0.25, 0.3) is 0 Å². The molecule has 0 bridgehead atoms. The number of nitrogens with one attached hydrogen (secondary N) is 1. The van der Waals surface area contributed by atoms with Crippen molar-refractivity contribution in [1.29, 1.82) is 0 Å². The number of aryl methyl sites for hydroxylation is 1. The third-order valence-corrected chi connectivity index (χ3v) is 4.59. The highest BCUT2D eigenvalue weighted by Crippen LogP contribution is 2.41. The molecule has 1 N–H and O–H groups in total. The smallest absolute Gasteiger partial charge is 0.0676 e. The fourth-order valence-corrected chi connectivity index (χ4v) is 3.52. The highest BCUT2D eigenvalue weighted by molar-refractivity contribution is 5.16. The van der Waals surface area contributed by atoms with Gasteiger partial charge in [-0.05, 0) is 40.1 Å². The predicted molar refractivity (Wildman–Crippen MR) is 74.5 cm³/mol. The minimum Gasteiger partial charge on any atom is -0.310 e. The van der Waals surface area contributed by atoms with E-state index in [1.54, 1.807) is 0 Å². The van der Waals surface area contributed by atoms with Crippen molar-refractivity contribution in [2.24, 2.45) is 7.05 Å². The molecule has 1 atom stereocenters. The molecule has 0 spiro atoms. The highest BCUT2D eigenvalue weighted by atomic mass is 15.3. The molecule has 0 radical (unpaired) electrons. The Kier molecular flexibility index (Phi) is 4.07. The first-order valence-corrected chi connectivity index (χ1v) is 6.94. The fraction of sp³-hybridized carbons (Fsp3) is 0.786. The Hall–Kier alpha value is -0.870. The van der Waals surface area contributed by atoms with E-state index in [2.05, 4.69) is 42.5 Å². The molecule has 2 rings (SSSR count). The third-order valence-electron chi connectivity index (χ3n) is 4.59. The van der Waals surface area contributed by atoms with Crippen molar-refractivity contribution in [2.75, 3.05) is 21.1 Å². The summed E-state index contributed by atoms with van der Waals surface area (Å²) in [6, 6.07) is 2.49. The maximum absolute atomic E-state index is 4.33. The first-order chi connectivity index (χ1) is 8.62. The second-order valence-electron chi connectivity index (χ2n) is 5.66. The van der Waals surface area contributed by atoms with Gasteiger partial charge < -0.3 is 10.2 Å². The van der Waals surface area contributed by atoms with Gasteiger partial charge in [0.1, 0.15) is 0 Å². The van der Waals surface area contributed by atoms with Gasteiger partial charge in [-0.2, -0.15) is 5.10 Å². The molecule has 4 heteroatoms. The summed E-state index contributed by atoms with van der Waals surface area (Å²) < 4.78 is 2.00. The van der Waals surface area contributed by atoms with Crippen molar-refractivity contribution in [1.82, 2.24) is 20.0 Å². The number of nitrogens with zero attached hydrogens (tertiary/aromatic N) is 3. The molecule has 1 aliphatic rings. The summed E-state index contributed by atoms with van der Waals surface area (Å²) in [5.74, 6) is 0. The van der Waals surface area contributed by atoms with Crippen LogP contribution >= 0.6 is 0 Å². The summed E-state index contributed by atoms with van der Waals surface area (Å²) in [6.45, 7) is 0. The van der Waals surface area contributed by atoms with Crippen LogP contribution in [0, 0.1) is 0 Å². The number of hydrogen-bond donors (Lipinski definition) is 1. The summed E-state index contributed by atoms with van der Waals surface area (Å²) in [5, 5.41) is 7.86. The van der Waals surface area contributed by atoms with Crippen LogP contribution in [-0.4, -0.2) is 41.4 Å². The summed E-state index contributed by atoms with van der Waals surface area (Å²) in [6.07, 6.45) is 8.44. The third kappa shape index (κ3) is 2.19. The van der Waals surface area contributed by atoms with Gasteiger partial charge in [0.15, 0.2) is 0 Å². The summed E-state index contributed by atoms with van der Waals surface area (Å²) in [4.78, 5) is 2.42. The van der Waals surface area contributed by atoms with Crippen LogP contribution in [0.4, 0.5) is 0 Å². The maximum Gasteiger partial charge on any atom is 0.0676 e. The monoisotopic (exact) mass is 250 g/mol. The standard InChI is InChI=1S/C14H26N4/c1-15-13(12-8-11-16-18(12)4)14(17(2)3)9-6-5-7-10-14/h8,11,13,15H,5-7,9-10H2,1-4H3. The quantitative estimate of drug-likeness (QED) is 0.886. The number of rotatable bonds is 4. The van der Waals surface area contributed by atoms with Crippen LogP contribution in [0.5, 0.6) is 0 Å². The predicted octanol–water partition coefficient (Wildman–Crippen LogP) is 1.95. The minimum absolute atomic E-state index is 0.223. The maximum atomic E-state index is 4.33. The Bertz CT molecular complexity index is 377. The van der Waals surface area contributed by atoms with Crippen LogP contribution in [0.2, 0.25) is 0 Å². The molecule has 0 aromatic carbocycles. The zero-order valence-electron chi connectivity index (χ0n) is 12.1. The normalized spacial score (nSPS) is 21.2. The topological polar surface area (TPSA) is 33.1 Å². The molecule has 1 fully saturated rings. The molecular formula is C14H26N4. The van der Waals surface area contributed by atoms with Crippen molar-refractivity contribution in [3.05, 3.63) is 18.0 Å². The van der Waals surface area contributed by atoms with Crippen molar-refractivity contribution < 1.29 is 0 Å². The Balaban J connectivity index is 2.36. The van der Waals surface area contributed by atoms with E-state index < -0.39 is 0 Å². The average Bonchev–Trinajstić information content (AvgIpc) is 2.78. The van der Waals surface area contributed by atoms with Gasteiger partial charge in [0.2, 0.25) is 0 Å². The largest absolute Gasteiger partial charge is 0.310 e. The molecule has 1 aromatic heterocycles. The minimum atomic E-state index is 0.223. The van der Waals surface area contributed by atoms with E-state index in [4.69, 9.17) is 0 Å². The number of aromatic nitrogens is 2. The summed E-state index contributed by atoms with van der Waals surface area (Å²) >= 11 is 0. The van der Waals surface area contributed by atoms with Gasteiger partial charge in [0.05, 0.1) is 11.7 Å². The van der Waals surface area contributed by atoms with Gasteiger partial charge in [-0.1, -0.05) is 19.3 Å². The molecular weight excluding hydrogens is 224 g/mol. The van der Waals surface area contributed by atoms with E-state index in [0.717, 1.165) is 0 Å². The van der Waals surface area contributed by atoms with E-state index in [-0.39, 0.29) is 5.54 Å². The SMILES string of the molecule is CNC(c1ccnn1C)C1(N(C)C)CCCCC1. The molecule has 1 aliphatic carbocycles. The van der Waals surface area contributed by atoms with Gasteiger partial charge in [-0.25, -0.2) is 0 Å². The second kappa shape index (κ2) is 5.41. The molecule has 1 aromatic rings. The lowest BCUT2D eigenvalue weighted by Crippen LogP contribution is -2.54. The molecule has 18 heavy (non-hydrogen) atoms. The first kappa shape index (κ1) is 13.6. The Morgan fingerprint density at radius 2 is 2.00 bits per heavy atom. The molecule has 0 amide bonds. The van der Waals surface area contributed by atoms with Crippen molar-refractivity contribution in [3.63, 3.8) is 0 Å². The van der Waals surface area contributed by atoms with Gasteiger partial charge in [0.25, 0.3) is 0 Å². The van der Waals surface area contributed by atoms with E-state index in [1.165, 1.54) is 37.8 Å². The lowest BCUT2D eigenvalue weighted by Gasteiger charge is -2.48. The molecule has 4 nitrogen and oxygen atoms in total. The highest BCUT2D eigenvalue weighted by Gasteiger charge is 2.42. The van der Waals surface area contributed by atoms with Crippen LogP contribution in [0.1, 0.15) is 43.8 Å². The Morgan fingerprint density at radius 1 is 1.33 bits per heavy atom. The molecule has 0 saturated heterocycles. The van der Waals surface area contributed by atoms with Crippen molar-refractivity contribution in [3.8, 4) is 0 Å². The molecule has 0 aliphatic heterocycles. The van der Waals surface area contributed by atoms with Crippen LogP contribution in [0.3, 0.4) is 0 Å². The van der Waals surface area contributed by atoms with E-state index in [9.17, 15) is 0 Å².